The Hall–Kier alpha value is -3.46. The fourth-order valence-electron chi connectivity index (χ4n) is 7.45. The minimum Gasteiger partial charge on any atom is -0.497 e. The Bertz CT molecular complexity index is 1230. The normalized spacial score (nSPS) is 21.7. The molecule has 3 aliphatic rings. The summed E-state index contributed by atoms with van der Waals surface area (Å²) in [5, 5.41) is 3.17. The SMILES string of the molecule is COc1cc(NC(=O)C2(N(C[C@H]3CCCN4CCCC[C@@H]34)C(=O)c3cc(OC)cc(OC)c3)CCCCC2)cc(OC)c1. The van der Waals surface area contributed by atoms with Crippen LogP contribution < -0.4 is 24.3 Å². The lowest BCUT2D eigenvalue weighted by Crippen LogP contribution is -2.62. The van der Waals surface area contributed by atoms with Gasteiger partial charge in [0.15, 0.2) is 0 Å². The fourth-order valence-corrected chi connectivity index (χ4v) is 7.45. The molecule has 2 amide bonds. The van der Waals surface area contributed by atoms with Gasteiger partial charge in [0.05, 0.1) is 28.4 Å². The molecule has 1 N–H and O–H groups in total. The summed E-state index contributed by atoms with van der Waals surface area (Å²) in [5.41, 5.74) is 0.0462. The summed E-state index contributed by atoms with van der Waals surface area (Å²) in [5.74, 6) is 2.24. The Morgan fingerprint density at radius 3 is 1.95 bits per heavy atom. The first-order valence-corrected chi connectivity index (χ1v) is 15.7. The molecule has 2 saturated heterocycles. The van der Waals surface area contributed by atoms with E-state index in [4.69, 9.17) is 18.9 Å². The molecule has 2 atom stereocenters. The standard InChI is InChI=1S/C34H47N3O6/c1-40-27-17-25(18-28(21-27)41-2)32(38)37(23-24-11-10-16-36-15-9-6-12-31(24)36)34(13-7-5-8-14-34)33(39)35-26-19-29(42-3)22-30(20-26)43-4/h17-22,24,31H,5-16,23H2,1-4H3,(H,35,39)/t24-,31+/m1/s1. The molecule has 1 saturated carbocycles. The van der Waals surface area contributed by atoms with Crippen LogP contribution in [0.3, 0.4) is 0 Å². The summed E-state index contributed by atoms with van der Waals surface area (Å²) in [4.78, 5) is 33.9. The van der Waals surface area contributed by atoms with Crippen LogP contribution in [0.1, 0.15) is 74.6 Å². The minimum absolute atomic E-state index is 0.162. The predicted octanol–water partition coefficient (Wildman–Crippen LogP) is 5.77. The van der Waals surface area contributed by atoms with E-state index in [9.17, 15) is 9.59 Å². The van der Waals surface area contributed by atoms with Gasteiger partial charge in [0.2, 0.25) is 5.91 Å². The van der Waals surface area contributed by atoms with Gasteiger partial charge in [-0.05, 0) is 69.7 Å². The Labute approximate surface area is 255 Å². The number of nitrogens with zero attached hydrogens (tertiary/aromatic N) is 2. The molecular formula is C34H47N3O6. The number of benzene rings is 2. The highest BCUT2D eigenvalue weighted by Gasteiger charge is 2.49. The number of carbonyl (C=O) groups excluding carboxylic acids is 2. The minimum atomic E-state index is -1.00. The van der Waals surface area contributed by atoms with E-state index in [0.717, 1.165) is 51.6 Å². The highest BCUT2D eigenvalue weighted by Crippen LogP contribution is 2.40. The average Bonchev–Trinajstić information content (AvgIpc) is 3.06. The van der Waals surface area contributed by atoms with Gasteiger partial charge >= 0.3 is 0 Å². The molecular weight excluding hydrogens is 546 g/mol. The van der Waals surface area contributed by atoms with Gasteiger partial charge in [-0.1, -0.05) is 25.7 Å². The third kappa shape index (κ3) is 6.71. The summed E-state index contributed by atoms with van der Waals surface area (Å²) in [7, 11) is 6.34. The molecule has 2 aliphatic heterocycles. The van der Waals surface area contributed by atoms with Gasteiger partial charge in [0.25, 0.3) is 5.91 Å². The van der Waals surface area contributed by atoms with Crippen LogP contribution in [0.5, 0.6) is 23.0 Å². The van der Waals surface area contributed by atoms with Crippen molar-refractivity contribution in [1.82, 2.24) is 9.80 Å². The molecule has 2 heterocycles. The largest absolute Gasteiger partial charge is 0.497 e. The molecule has 0 spiro atoms. The topological polar surface area (TPSA) is 89.6 Å². The average molecular weight is 594 g/mol. The van der Waals surface area contributed by atoms with Crippen molar-refractivity contribution in [1.29, 1.82) is 0 Å². The first-order chi connectivity index (χ1) is 20.9. The number of methoxy groups -OCH3 is 4. The number of carbonyl (C=O) groups is 2. The fraction of sp³-hybridized carbons (Fsp3) is 0.588. The highest BCUT2D eigenvalue weighted by atomic mass is 16.5. The number of hydrogen-bond donors (Lipinski definition) is 1. The van der Waals surface area contributed by atoms with Crippen LogP contribution in [0.2, 0.25) is 0 Å². The van der Waals surface area contributed by atoms with Crippen molar-refractivity contribution in [3.05, 3.63) is 42.0 Å². The van der Waals surface area contributed by atoms with Gasteiger partial charge in [-0.3, -0.25) is 9.59 Å². The van der Waals surface area contributed by atoms with E-state index in [1.54, 1.807) is 64.8 Å². The van der Waals surface area contributed by atoms with Gasteiger partial charge < -0.3 is 34.1 Å². The number of rotatable bonds is 10. The van der Waals surface area contributed by atoms with E-state index in [-0.39, 0.29) is 11.8 Å². The zero-order chi connectivity index (χ0) is 30.4. The van der Waals surface area contributed by atoms with Gasteiger partial charge in [-0.25, -0.2) is 0 Å². The molecule has 0 aromatic heterocycles. The maximum Gasteiger partial charge on any atom is 0.255 e. The van der Waals surface area contributed by atoms with Gasteiger partial charge in [-0.2, -0.15) is 0 Å². The molecule has 9 heteroatoms. The molecule has 5 rings (SSSR count). The second-order valence-corrected chi connectivity index (χ2v) is 12.2. The quantitative estimate of drug-likeness (QED) is 0.374. The zero-order valence-electron chi connectivity index (χ0n) is 26.2. The second-order valence-electron chi connectivity index (χ2n) is 12.2. The molecule has 234 valence electrons. The van der Waals surface area contributed by atoms with E-state index in [2.05, 4.69) is 10.2 Å². The van der Waals surface area contributed by atoms with Gasteiger partial charge in [0.1, 0.15) is 28.5 Å². The van der Waals surface area contributed by atoms with Crippen LogP contribution in [0.4, 0.5) is 5.69 Å². The lowest BCUT2D eigenvalue weighted by Gasteiger charge is -2.50. The maximum atomic E-state index is 14.8. The third-order valence-electron chi connectivity index (χ3n) is 9.72. The summed E-state index contributed by atoms with van der Waals surface area (Å²) >= 11 is 0. The molecule has 0 radical (unpaired) electrons. The van der Waals surface area contributed by atoms with E-state index < -0.39 is 5.54 Å². The van der Waals surface area contributed by atoms with Crippen molar-refractivity contribution in [3.63, 3.8) is 0 Å². The Morgan fingerprint density at radius 2 is 1.35 bits per heavy atom. The molecule has 1 aliphatic carbocycles. The molecule has 3 fully saturated rings. The summed E-state index contributed by atoms with van der Waals surface area (Å²) in [6, 6.07) is 11.1. The molecule has 0 unspecified atom stereocenters. The second kappa shape index (κ2) is 13.9. The van der Waals surface area contributed by atoms with Crippen molar-refractivity contribution in [2.75, 3.05) is 53.4 Å². The van der Waals surface area contributed by atoms with Crippen LogP contribution in [-0.4, -0.2) is 81.3 Å². The van der Waals surface area contributed by atoms with Crippen molar-refractivity contribution < 1.29 is 28.5 Å². The summed E-state index contributed by atoms with van der Waals surface area (Å²) in [6.45, 7) is 2.77. The summed E-state index contributed by atoms with van der Waals surface area (Å²) < 4.78 is 22.0. The lowest BCUT2D eigenvalue weighted by atomic mass is 9.76. The number of piperidine rings is 2. The van der Waals surface area contributed by atoms with Crippen molar-refractivity contribution >= 4 is 17.5 Å². The highest BCUT2D eigenvalue weighted by molar-refractivity contribution is 6.04. The monoisotopic (exact) mass is 593 g/mol. The van der Waals surface area contributed by atoms with E-state index in [1.165, 1.54) is 12.8 Å². The number of amides is 2. The Balaban J connectivity index is 1.56. The number of fused-ring (bicyclic) bond motifs is 1. The maximum absolute atomic E-state index is 14.8. The van der Waals surface area contributed by atoms with Crippen molar-refractivity contribution in [2.45, 2.75) is 75.8 Å². The number of nitrogens with one attached hydrogen (secondary N) is 1. The first kappa shape index (κ1) is 31.0. The van der Waals surface area contributed by atoms with E-state index in [0.29, 0.717) is 65.6 Å². The van der Waals surface area contributed by atoms with Crippen LogP contribution >= 0.6 is 0 Å². The molecule has 2 aromatic rings. The number of anilines is 1. The number of ether oxygens (including phenoxy) is 4. The molecule has 0 bridgehead atoms. The third-order valence-corrected chi connectivity index (χ3v) is 9.72. The molecule has 9 nitrogen and oxygen atoms in total. The van der Waals surface area contributed by atoms with Crippen molar-refractivity contribution in [2.24, 2.45) is 5.92 Å². The van der Waals surface area contributed by atoms with E-state index >= 15 is 0 Å². The van der Waals surface area contributed by atoms with Crippen LogP contribution in [0.15, 0.2) is 36.4 Å². The Kier molecular flexibility index (Phi) is 10.0. The first-order valence-electron chi connectivity index (χ1n) is 15.7. The zero-order valence-corrected chi connectivity index (χ0v) is 26.2. The smallest absolute Gasteiger partial charge is 0.255 e. The lowest BCUT2D eigenvalue weighted by molar-refractivity contribution is -0.129. The van der Waals surface area contributed by atoms with E-state index in [1.807, 2.05) is 4.90 Å². The van der Waals surface area contributed by atoms with Crippen molar-refractivity contribution in [3.8, 4) is 23.0 Å². The molecule has 2 aromatic carbocycles. The summed E-state index contributed by atoms with van der Waals surface area (Å²) in [6.07, 6.45) is 9.74. The van der Waals surface area contributed by atoms with Gasteiger partial charge in [-0.15, -0.1) is 0 Å². The van der Waals surface area contributed by atoms with Gasteiger partial charge in [0, 0.05) is 48.1 Å². The predicted molar refractivity (Wildman–Crippen MR) is 167 cm³/mol. The number of hydrogen-bond acceptors (Lipinski definition) is 7. The molecule has 43 heavy (non-hydrogen) atoms. The van der Waals surface area contributed by atoms with Crippen LogP contribution in [0.25, 0.3) is 0 Å². The Morgan fingerprint density at radius 1 is 0.767 bits per heavy atom. The van der Waals surface area contributed by atoms with Crippen LogP contribution in [0, 0.1) is 5.92 Å². The van der Waals surface area contributed by atoms with Crippen LogP contribution in [-0.2, 0) is 4.79 Å².